The molecule has 6 nitrogen and oxygen atoms in total. The molecular weight excluding hydrogens is 304 g/mol. The highest BCUT2D eigenvalue weighted by Crippen LogP contribution is 2.23. The van der Waals surface area contributed by atoms with E-state index >= 15 is 0 Å². The number of aromatic nitrogens is 2. The Morgan fingerprint density at radius 2 is 1.96 bits per heavy atom. The molecule has 6 heteroatoms. The van der Waals surface area contributed by atoms with Gasteiger partial charge in [0.1, 0.15) is 0 Å². The zero-order valence-corrected chi connectivity index (χ0v) is 12.7. The molecule has 3 aromatic rings. The van der Waals surface area contributed by atoms with Gasteiger partial charge < -0.3 is 10.2 Å². The van der Waals surface area contributed by atoms with Crippen LogP contribution in [0.1, 0.15) is 12.0 Å². The number of oxime groups is 1. The fourth-order valence-electron chi connectivity index (χ4n) is 2.66. The zero-order chi connectivity index (χ0) is 16.4. The van der Waals surface area contributed by atoms with Crippen molar-refractivity contribution < 1.29 is 9.63 Å². The van der Waals surface area contributed by atoms with Crippen LogP contribution in [0, 0.1) is 0 Å². The molecule has 1 N–H and O–H groups in total. The van der Waals surface area contributed by atoms with E-state index in [-0.39, 0.29) is 5.91 Å². The molecule has 4 rings (SSSR count). The van der Waals surface area contributed by atoms with Crippen molar-refractivity contribution in [2.45, 2.75) is 12.5 Å². The van der Waals surface area contributed by atoms with Gasteiger partial charge in [0, 0.05) is 36.0 Å². The third kappa shape index (κ3) is 2.69. The number of hydrogen-bond donors (Lipinski definition) is 1. The second kappa shape index (κ2) is 6.08. The molecule has 0 bridgehead atoms. The van der Waals surface area contributed by atoms with Crippen molar-refractivity contribution in [1.29, 1.82) is 0 Å². The Labute approximate surface area is 138 Å². The van der Waals surface area contributed by atoms with Gasteiger partial charge in [0.05, 0.1) is 16.9 Å². The summed E-state index contributed by atoms with van der Waals surface area (Å²) in [4.78, 5) is 26.1. The van der Waals surface area contributed by atoms with E-state index in [9.17, 15) is 4.79 Å². The summed E-state index contributed by atoms with van der Waals surface area (Å²) in [5.74, 6) is -0.223. The average molecular weight is 318 g/mol. The predicted molar refractivity (Wildman–Crippen MR) is 90.6 cm³/mol. The van der Waals surface area contributed by atoms with E-state index in [0.29, 0.717) is 12.1 Å². The molecule has 1 atom stereocenters. The lowest BCUT2D eigenvalue weighted by Gasteiger charge is -2.11. The highest BCUT2D eigenvalue weighted by molar-refractivity contribution is 6.08. The molecule has 0 saturated carbocycles. The summed E-state index contributed by atoms with van der Waals surface area (Å²) >= 11 is 0. The minimum absolute atomic E-state index is 0.223. The molecule has 1 aliphatic heterocycles. The van der Waals surface area contributed by atoms with Crippen LogP contribution in [0.15, 0.2) is 66.2 Å². The number of benzene rings is 1. The van der Waals surface area contributed by atoms with Crippen LogP contribution in [-0.2, 0) is 9.63 Å². The van der Waals surface area contributed by atoms with Gasteiger partial charge in [-0.1, -0.05) is 11.2 Å². The molecule has 118 valence electrons. The van der Waals surface area contributed by atoms with Crippen LogP contribution in [-0.4, -0.2) is 27.7 Å². The van der Waals surface area contributed by atoms with E-state index in [2.05, 4.69) is 20.4 Å². The molecule has 0 fully saturated rings. The molecule has 0 unspecified atom stereocenters. The third-order valence-electron chi connectivity index (χ3n) is 3.88. The number of amides is 1. The quantitative estimate of drug-likeness (QED) is 0.805. The van der Waals surface area contributed by atoms with Crippen molar-refractivity contribution in [2.75, 3.05) is 5.32 Å². The first-order chi connectivity index (χ1) is 11.8. The van der Waals surface area contributed by atoms with Crippen molar-refractivity contribution in [3.63, 3.8) is 0 Å². The lowest BCUT2D eigenvalue weighted by molar-refractivity contribution is -0.125. The van der Waals surface area contributed by atoms with Gasteiger partial charge in [0.25, 0.3) is 5.91 Å². The number of carbonyl (C=O) groups is 1. The Kier molecular flexibility index (Phi) is 3.63. The first-order valence-corrected chi connectivity index (χ1v) is 7.59. The van der Waals surface area contributed by atoms with Crippen LogP contribution in [0.5, 0.6) is 0 Å². The maximum atomic E-state index is 12.5. The summed E-state index contributed by atoms with van der Waals surface area (Å²) in [5, 5.41) is 7.83. The van der Waals surface area contributed by atoms with Crippen LogP contribution in [0.4, 0.5) is 5.69 Å². The standard InChI is InChI=1S/C18H14N4O2/c23-18(17-11-16(22-24-17)12-6-9-19-10-7-12)21-15-5-1-4-14-13(15)3-2-8-20-14/h1-10,17H,11H2,(H,21,23)/t17-/m0/s1. The maximum absolute atomic E-state index is 12.5. The second-order valence-corrected chi connectivity index (χ2v) is 5.44. The van der Waals surface area contributed by atoms with Gasteiger partial charge in [-0.05, 0) is 36.4 Å². The smallest absolute Gasteiger partial charge is 0.268 e. The van der Waals surface area contributed by atoms with Crippen molar-refractivity contribution in [3.8, 4) is 0 Å². The van der Waals surface area contributed by atoms with Gasteiger partial charge in [-0.15, -0.1) is 0 Å². The Balaban J connectivity index is 1.50. The topological polar surface area (TPSA) is 76.5 Å². The molecule has 1 amide bonds. The number of carbonyl (C=O) groups excluding carboxylic acids is 1. The number of hydrogen-bond acceptors (Lipinski definition) is 5. The number of rotatable bonds is 3. The minimum atomic E-state index is -0.639. The van der Waals surface area contributed by atoms with E-state index in [0.717, 1.165) is 22.2 Å². The lowest BCUT2D eigenvalue weighted by Crippen LogP contribution is -2.28. The summed E-state index contributed by atoms with van der Waals surface area (Å²) in [6.45, 7) is 0. The monoisotopic (exact) mass is 318 g/mol. The van der Waals surface area contributed by atoms with Crippen LogP contribution in [0.25, 0.3) is 10.9 Å². The van der Waals surface area contributed by atoms with Crippen LogP contribution < -0.4 is 5.32 Å². The Bertz CT molecular complexity index is 919. The first-order valence-electron chi connectivity index (χ1n) is 7.59. The van der Waals surface area contributed by atoms with E-state index in [1.807, 2.05) is 42.5 Å². The Hall–Kier alpha value is -3.28. The van der Waals surface area contributed by atoms with Gasteiger partial charge in [0.2, 0.25) is 6.10 Å². The van der Waals surface area contributed by atoms with Crippen molar-refractivity contribution in [3.05, 3.63) is 66.6 Å². The average Bonchev–Trinajstić information content (AvgIpc) is 3.13. The molecule has 1 aromatic carbocycles. The van der Waals surface area contributed by atoms with Gasteiger partial charge >= 0.3 is 0 Å². The third-order valence-corrected chi connectivity index (χ3v) is 3.88. The molecule has 0 radical (unpaired) electrons. The molecule has 2 aromatic heterocycles. The molecule has 0 saturated heterocycles. The van der Waals surface area contributed by atoms with E-state index in [1.165, 1.54) is 0 Å². The van der Waals surface area contributed by atoms with Crippen molar-refractivity contribution in [1.82, 2.24) is 9.97 Å². The highest BCUT2D eigenvalue weighted by atomic mass is 16.6. The van der Waals surface area contributed by atoms with Crippen molar-refractivity contribution >= 4 is 28.2 Å². The predicted octanol–water partition coefficient (Wildman–Crippen LogP) is 2.76. The molecule has 0 spiro atoms. The maximum Gasteiger partial charge on any atom is 0.268 e. The van der Waals surface area contributed by atoms with Crippen LogP contribution >= 0.6 is 0 Å². The molecule has 24 heavy (non-hydrogen) atoms. The number of nitrogens with one attached hydrogen (secondary N) is 1. The number of pyridine rings is 2. The largest absolute Gasteiger partial charge is 0.382 e. The normalized spacial score (nSPS) is 16.5. The summed E-state index contributed by atoms with van der Waals surface area (Å²) in [7, 11) is 0. The summed E-state index contributed by atoms with van der Waals surface area (Å²) in [6, 6.07) is 13.1. The fourth-order valence-corrected chi connectivity index (χ4v) is 2.66. The van der Waals surface area contributed by atoms with Gasteiger partial charge in [-0.3, -0.25) is 14.8 Å². The Morgan fingerprint density at radius 3 is 2.83 bits per heavy atom. The summed E-state index contributed by atoms with van der Waals surface area (Å²) in [5.41, 5.74) is 3.20. The summed E-state index contributed by atoms with van der Waals surface area (Å²) < 4.78 is 0. The number of fused-ring (bicyclic) bond motifs is 1. The fraction of sp³-hybridized carbons (Fsp3) is 0.111. The number of nitrogens with zero attached hydrogens (tertiary/aromatic N) is 3. The van der Waals surface area contributed by atoms with Crippen molar-refractivity contribution in [2.24, 2.45) is 5.16 Å². The minimum Gasteiger partial charge on any atom is -0.382 e. The Morgan fingerprint density at radius 1 is 1.08 bits per heavy atom. The zero-order valence-electron chi connectivity index (χ0n) is 12.7. The van der Waals surface area contributed by atoms with Gasteiger partial charge in [-0.25, -0.2) is 0 Å². The summed E-state index contributed by atoms with van der Waals surface area (Å²) in [6.07, 6.45) is 4.89. The van der Waals surface area contributed by atoms with E-state index in [4.69, 9.17) is 4.84 Å². The first kappa shape index (κ1) is 14.3. The highest BCUT2D eigenvalue weighted by Gasteiger charge is 2.29. The molecule has 0 aliphatic carbocycles. The SMILES string of the molecule is O=C(Nc1cccc2ncccc12)[C@@H]1CC(c2ccncc2)=NO1. The van der Waals surface area contributed by atoms with Crippen LogP contribution in [0.3, 0.4) is 0 Å². The second-order valence-electron chi connectivity index (χ2n) is 5.44. The molecular formula is C18H14N4O2. The molecule has 3 heterocycles. The number of anilines is 1. The van der Waals surface area contributed by atoms with E-state index < -0.39 is 6.10 Å². The lowest BCUT2D eigenvalue weighted by atomic mass is 10.1. The van der Waals surface area contributed by atoms with Gasteiger partial charge in [-0.2, -0.15) is 0 Å². The van der Waals surface area contributed by atoms with Gasteiger partial charge in [0.15, 0.2) is 0 Å². The van der Waals surface area contributed by atoms with Crippen LogP contribution in [0.2, 0.25) is 0 Å². The molecule has 1 aliphatic rings. The van der Waals surface area contributed by atoms with E-state index in [1.54, 1.807) is 18.6 Å².